The summed E-state index contributed by atoms with van der Waals surface area (Å²) < 4.78 is 11.7. The van der Waals surface area contributed by atoms with Crippen molar-refractivity contribution in [2.45, 2.75) is 44.1 Å². The highest BCUT2D eigenvalue weighted by atomic mass is 16.6. The lowest BCUT2D eigenvalue weighted by molar-refractivity contribution is -0.137. The first kappa shape index (κ1) is 15.3. The van der Waals surface area contributed by atoms with E-state index in [2.05, 4.69) is 0 Å². The third kappa shape index (κ3) is 2.01. The molecule has 0 unspecified atom stereocenters. The Morgan fingerprint density at radius 3 is 2.79 bits per heavy atom. The molecule has 1 N–H and O–H groups in total. The number of hydrogen-bond acceptors (Lipinski definition) is 4. The predicted octanol–water partition coefficient (Wildman–Crippen LogP) is 3.60. The molecule has 2 fully saturated rings. The number of hydrogen-bond donors (Lipinski definition) is 1. The molecule has 4 rings (SSSR count). The summed E-state index contributed by atoms with van der Waals surface area (Å²) in [7, 11) is 1.76. The van der Waals surface area contributed by atoms with Crippen molar-refractivity contribution in [3.8, 4) is 5.75 Å². The van der Waals surface area contributed by atoms with E-state index in [1.54, 1.807) is 18.0 Å². The Morgan fingerprint density at radius 1 is 1.25 bits per heavy atom. The summed E-state index contributed by atoms with van der Waals surface area (Å²) in [5.74, 6) is 0.223. The van der Waals surface area contributed by atoms with Crippen molar-refractivity contribution in [3.63, 3.8) is 0 Å². The van der Waals surface area contributed by atoms with E-state index in [9.17, 15) is 9.90 Å². The molecule has 5 nitrogen and oxygen atoms in total. The largest absolute Gasteiger partial charge is 0.508 e. The maximum absolute atomic E-state index is 12.0. The number of fused-ring (bicyclic) bond motifs is 2. The highest BCUT2D eigenvalue weighted by Crippen LogP contribution is 2.48. The number of likely N-dealkylation sites (N-methyl/N-ethyl adjacent to an activating group) is 1. The van der Waals surface area contributed by atoms with E-state index in [-0.39, 0.29) is 30.2 Å². The first-order valence-corrected chi connectivity index (χ1v) is 8.22. The molecule has 0 radical (unpaired) electrons. The van der Waals surface area contributed by atoms with Crippen LogP contribution in [0.15, 0.2) is 36.4 Å². The van der Waals surface area contributed by atoms with Crippen LogP contribution in [0.25, 0.3) is 10.8 Å². The van der Waals surface area contributed by atoms with Gasteiger partial charge in [-0.15, -0.1) is 0 Å². The van der Waals surface area contributed by atoms with Crippen molar-refractivity contribution >= 4 is 16.9 Å². The van der Waals surface area contributed by atoms with Crippen molar-refractivity contribution in [2.24, 2.45) is 0 Å². The summed E-state index contributed by atoms with van der Waals surface area (Å²) >= 11 is 0. The minimum atomic E-state index is -0.456. The molecule has 24 heavy (non-hydrogen) atoms. The molecule has 2 saturated heterocycles. The van der Waals surface area contributed by atoms with Crippen LogP contribution in [0.1, 0.15) is 31.9 Å². The molecular weight excluding hydrogens is 306 g/mol. The van der Waals surface area contributed by atoms with Crippen LogP contribution < -0.4 is 0 Å². The highest BCUT2D eigenvalue weighted by molar-refractivity contribution is 5.88. The topological polar surface area (TPSA) is 59.0 Å². The predicted molar refractivity (Wildman–Crippen MR) is 90.0 cm³/mol. The summed E-state index contributed by atoms with van der Waals surface area (Å²) in [6.45, 7) is 3.94. The summed E-state index contributed by atoms with van der Waals surface area (Å²) in [5.41, 5.74) is 0.329. The number of amides is 1. The molecule has 126 valence electrons. The van der Waals surface area contributed by atoms with Crippen LogP contribution in [0, 0.1) is 0 Å². The fourth-order valence-corrected chi connectivity index (χ4v) is 4.12. The maximum Gasteiger partial charge on any atom is 0.410 e. The number of aromatic hydroxyl groups is 1. The van der Waals surface area contributed by atoms with Crippen LogP contribution in [0.5, 0.6) is 5.75 Å². The van der Waals surface area contributed by atoms with Gasteiger partial charge < -0.3 is 19.5 Å². The zero-order valence-electron chi connectivity index (χ0n) is 14.0. The molecule has 0 aromatic heterocycles. The van der Waals surface area contributed by atoms with E-state index in [4.69, 9.17) is 9.47 Å². The average Bonchev–Trinajstić information content (AvgIpc) is 2.79. The number of nitrogens with zero attached hydrogens (tertiary/aromatic N) is 1. The summed E-state index contributed by atoms with van der Waals surface area (Å²) in [6, 6.07) is 11.5. The lowest BCUT2D eigenvalue weighted by atomic mass is 9.80. The third-order valence-electron chi connectivity index (χ3n) is 5.55. The van der Waals surface area contributed by atoms with Gasteiger partial charge in [0, 0.05) is 19.0 Å². The van der Waals surface area contributed by atoms with Gasteiger partial charge in [0.25, 0.3) is 0 Å². The standard InChI is InChI=1S/C19H21NO4/c1-11-17-19(2,20(3)18(22)24-17)10-15(23-11)16-13-7-5-4-6-12(13)8-9-14(16)21/h4-9,11,15,17,21H,10H2,1-3H3/t11-,15-,17+,19-/m0/s1. The van der Waals surface area contributed by atoms with E-state index in [0.717, 1.165) is 16.3 Å². The normalized spacial score (nSPS) is 32.7. The van der Waals surface area contributed by atoms with Crippen LogP contribution in [0.3, 0.4) is 0 Å². The van der Waals surface area contributed by atoms with Crippen molar-refractivity contribution in [1.82, 2.24) is 4.90 Å². The van der Waals surface area contributed by atoms with E-state index < -0.39 is 5.54 Å². The Labute approximate surface area is 140 Å². The molecule has 2 heterocycles. The molecule has 2 aromatic rings. The molecule has 5 heteroatoms. The van der Waals surface area contributed by atoms with Gasteiger partial charge in [0.1, 0.15) is 5.75 Å². The second kappa shape index (κ2) is 5.11. The Kier molecular flexibility index (Phi) is 3.25. The van der Waals surface area contributed by atoms with Gasteiger partial charge in [-0.2, -0.15) is 0 Å². The number of carbonyl (C=O) groups excluding carboxylic acids is 1. The monoisotopic (exact) mass is 327 g/mol. The first-order valence-electron chi connectivity index (χ1n) is 8.22. The van der Waals surface area contributed by atoms with Crippen LogP contribution in [-0.2, 0) is 9.47 Å². The number of carbonyl (C=O) groups is 1. The third-order valence-corrected chi connectivity index (χ3v) is 5.55. The lowest BCUT2D eigenvalue weighted by Gasteiger charge is -2.44. The minimum Gasteiger partial charge on any atom is -0.508 e. The minimum absolute atomic E-state index is 0.223. The molecular formula is C19H21NO4. The Hall–Kier alpha value is -2.27. The molecule has 1 amide bonds. The van der Waals surface area contributed by atoms with Crippen LogP contribution in [0.2, 0.25) is 0 Å². The molecule has 0 spiro atoms. The molecule has 4 atom stereocenters. The Balaban J connectivity index is 1.82. The first-order chi connectivity index (χ1) is 11.4. The highest BCUT2D eigenvalue weighted by Gasteiger charge is 2.57. The SMILES string of the molecule is C[C@@H]1O[C@H](c2c(O)ccc3ccccc23)C[C@@]2(C)[C@@H]1OC(=O)N2C. The molecule has 2 aliphatic rings. The molecule has 0 aliphatic carbocycles. The second-order valence-corrected chi connectivity index (χ2v) is 6.97. The quantitative estimate of drug-likeness (QED) is 0.869. The fraction of sp³-hybridized carbons (Fsp3) is 0.421. The van der Waals surface area contributed by atoms with Crippen molar-refractivity contribution < 1.29 is 19.4 Å². The maximum atomic E-state index is 12.0. The molecule has 0 saturated carbocycles. The van der Waals surface area contributed by atoms with Crippen molar-refractivity contribution in [3.05, 3.63) is 42.0 Å². The van der Waals surface area contributed by atoms with E-state index in [0.29, 0.717) is 6.42 Å². The number of phenolic OH excluding ortho intramolecular Hbond substituents is 1. The van der Waals surface area contributed by atoms with Crippen LogP contribution in [-0.4, -0.2) is 40.9 Å². The van der Waals surface area contributed by atoms with Gasteiger partial charge in [0.2, 0.25) is 0 Å². The van der Waals surface area contributed by atoms with Crippen molar-refractivity contribution in [2.75, 3.05) is 7.05 Å². The molecule has 2 aliphatic heterocycles. The van der Waals surface area contributed by atoms with Gasteiger partial charge in [-0.3, -0.25) is 0 Å². The number of ether oxygens (including phenoxy) is 2. The van der Waals surface area contributed by atoms with Gasteiger partial charge >= 0.3 is 6.09 Å². The number of benzene rings is 2. The smallest absolute Gasteiger partial charge is 0.410 e. The van der Waals surface area contributed by atoms with E-state index in [1.807, 2.05) is 44.2 Å². The number of rotatable bonds is 1. The van der Waals surface area contributed by atoms with Crippen molar-refractivity contribution in [1.29, 1.82) is 0 Å². The van der Waals surface area contributed by atoms with Gasteiger partial charge in [0.15, 0.2) is 6.10 Å². The zero-order valence-corrected chi connectivity index (χ0v) is 14.0. The van der Waals surface area contributed by atoms with Gasteiger partial charge in [-0.1, -0.05) is 30.3 Å². The van der Waals surface area contributed by atoms with E-state index in [1.165, 1.54) is 0 Å². The van der Waals surface area contributed by atoms with E-state index >= 15 is 0 Å². The zero-order chi connectivity index (χ0) is 17.1. The van der Waals surface area contributed by atoms with Crippen LogP contribution >= 0.6 is 0 Å². The lowest BCUT2D eigenvalue weighted by Crippen LogP contribution is -2.55. The number of phenols is 1. The Morgan fingerprint density at radius 2 is 2.00 bits per heavy atom. The van der Waals surface area contributed by atoms with Gasteiger partial charge in [0.05, 0.1) is 17.7 Å². The average molecular weight is 327 g/mol. The summed E-state index contributed by atoms with van der Waals surface area (Å²) in [5, 5.41) is 12.5. The van der Waals surface area contributed by atoms with Gasteiger partial charge in [-0.05, 0) is 30.7 Å². The molecule has 0 bridgehead atoms. The molecule has 2 aromatic carbocycles. The summed E-state index contributed by atoms with van der Waals surface area (Å²) in [6.07, 6.45) is -0.597. The fourth-order valence-electron chi connectivity index (χ4n) is 4.12. The summed E-state index contributed by atoms with van der Waals surface area (Å²) in [4.78, 5) is 13.7. The van der Waals surface area contributed by atoms with Gasteiger partial charge in [-0.25, -0.2) is 4.79 Å². The second-order valence-electron chi connectivity index (χ2n) is 6.97. The van der Waals surface area contributed by atoms with Crippen LogP contribution in [0.4, 0.5) is 4.79 Å². The Bertz CT molecular complexity index is 820.